The van der Waals surface area contributed by atoms with Gasteiger partial charge in [0.1, 0.15) is 41.7 Å². The molecule has 0 saturated carbocycles. The lowest BCUT2D eigenvalue weighted by atomic mass is 9.85. The molecule has 7 rings (SSSR count). The van der Waals surface area contributed by atoms with Crippen molar-refractivity contribution in [1.29, 1.82) is 5.26 Å². The first-order chi connectivity index (χ1) is 35.7. The zero-order valence-corrected chi connectivity index (χ0v) is 43.4. The molecule has 1 unspecified atom stereocenters. The molecule has 2 aliphatic rings. The van der Waals surface area contributed by atoms with Crippen LogP contribution in [0.15, 0.2) is 72.4 Å². The van der Waals surface area contributed by atoms with Crippen molar-refractivity contribution in [2.45, 2.75) is 97.0 Å². The summed E-state index contributed by atoms with van der Waals surface area (Å²) >= 11 is 6.93. The smallest absolute Gasteiger partial charge is 0.420 e. The third kappa shape index (κ3) is 12.1. The van der Waals surface area contributed by atoms with Crippen LogP contribution in [0, 0.1) is 41.1 Å². The molecule has 3 aromatic carbocycles. The normalized spacial score (nSPS) is 17.4. The molecule has 4 atom stereocenters. The topological polar surface area (TPSA) is 190 Å². The predicted octanol–water partition coefficient (Wildman–Crippen LogP) is 8.34. The van der Waals surface area contributed by atoms with E-state index in [2.05, 4.69) is 20.6 Å². The molecule has 2 saturated heterocycles. The molecule has 15 nitrogen and oxygen atoms in total. The summed E-state index contributed by atoms with van der Waals surface area (Å²) in [5.41, 5.74) is -2.47. The number of carbonyl (C=O) groups is 4. The number of aryl methyl sites for hydroxylation is 1. The zero-order chi connectivity index (χ0) is 55.6. The number of likely N-dealkylation sites (tertiary alicyclic amines) is 1. The van der Waals surface area contributed by atoms with E-state index in [0.29, 0.717) is 11.0 Å². The fraction of sp³-hybridized carbons (Fsp3) is 0.385. The number of halogens is 7. The summed E-state index contributed by atoms with van der Waals surface area (Å²) in [5.74, 6) is -7.03. The van der Waals surface area contributed by atoms with Gasteiger partial charge in [-0.15, -0.1) is 11.3 Å². The van der Waals surface area contributed by atoms with E-state index in [9.17, 15) is 41.8 Å². The molecule has 2 aromatic heterocycles. The first kappa shape index (κ1) is 56.7. The van der Waals surface area contributed by atoms with Crippen molar-refractivity contribution in [2.24, 2.45) is 5.41 Å². The number of rotatable bonds is 17. The summed E-state index contributed by atoms with van der Waals surface area (Å²) in [6, 6.07) is 12.4. The van der Waals surface area contributed by atoms with Gasteiger partial charge >= 0.3 is 6.18 Å². The van der Waals surface area contributed by atoms with Gasteiger partial charge in [0.25, 0.3) is 5.91 Å². The highest BCUT2D eigenvalue weighted by molar-refractivity contribution is 7.81. The fourth-order valence-corrected chi connectivity index (χ4v) is 10.0. The lowest BCUT2D eigenvalue weighted by Crippen LogP contribution is -2.58. The quantitative estimate of drug-likeness (QED) is 0.0597. The van der Waals surface area contributed by atoms with E-state index in [1.807, 2.05) is 31.2 Å². The van der Waals surface area contributed by atoms with Crippen LogP contribution >= 0.6 is 23.6 Å². The van der Waals surface area contributed by atoms with Crippen LogP contribution in [0.2, 0.25) is 0 Å². The van der Waals surface area contributed by atoms with Crippen molar-refractivity contribution in [3.05, 3.63) is 112 Å². The number of anilines is 2. The molecular weight excluding hydrogens is 1050 g/mol. The molecule has 4 amide bonds. The van der Waals surface area contributed by atoms with Gasteiger partial charge in [-0.25, -0.2) is 22.5 Å². The average Bonchev–Trinajstić information content (AvgIpc) is 4.01. The summed E-state index contributed by atoms with van der Waals surface area (Å²) in [5, 5.41) is 24.7. The summed E-state index contributed by atoms with van der Waals surface area (Å²) in [4.78, 5) is 66.3. The van der Waals surface area contributed by atoms with Gasteiger partial charge in [0.15, 0.2) is 28.3 Å². The molecule has 0 bridgehead atoms. The van der Waals surface area contributed by atoms with Crippen molar-refractivity contribution in [3.8, 4) is 33.5 Å². The van der Waals surface area contributed by atoms with Crippen LogP contribution in [0.4, 0.5) is 42.1 Å². The summed E-state index contributed by atoms with van der Waals surface area (Å²) in [6.45, 7) is 8.15. The van der Waals surface area contributed by atoms with Crippen molar-refractivity contribution in [1.82, 2.24) is 25.5 Å². The van der Waals surface area contributed by atoms with E-state index >= 15 is 13.2 Å². The summed E-state index contributed by atoms with van der Waals surface area (Å²) in [6.07, 6.45) is -7.21. The van der Waals surface area contributed by atoms with Crippen LogP contribution in [0.1, 0.15) is 69.8 Å². The van der Waals surface area contributed by atoms with E-state index in [4.69, 9.17) is 27.0 Å². The van der Waals surface area contributed by atoms with E-state index in [0.717, 1.165) is 57.1 Å². The SMILES string of the molecule is Cc1ncsc1-c1ccc(CNC(=O)[C@@H]2C[C@@H](O)CN2C(=O)[C@@H](NC(=O)COCC(F)CCOc2ccc(-c3ncc(N4C(=S)N(c5ccc(C#N)c(C(F)(F)F)c5F)C(=O)C4(C)C)cc3F)cc2F)C(C)(C)C)cc1. The molecule has 24 heteroatoms. The number of thiocarbonyl (C=S) groups is 1. The van der Waals surface area contributed by atoms with Crippen LogP contribution in [-0.4, -0.2) is 105 Å². The molecular formula is C52H51F7N8O7S2. The monoisotopic (exact) mass is 1100 g/mol. The maximum absolute atomic E-state index is 15.8. The van der Waals surface area contributed by atoms with Gasteiger partial charge in [-0.05, 0) is 79.9 Å². The minimum absolute atomic E-state index is 0.0106. The lowest BCUT2D eigenvalue weighted by molar-refractivity contribution is -0.144. The van der Waals surface area contributed by atoms with Crippen molar-refractivity contribution >= 4 is 63.7 Å². The van der Waals surface area contributed by atoms with Crippen molar-refractivity contribution < 1.29 is 64.5 Å². The van der Waals surface area contributed by atoms with Crippen LogP contribution in [0.3, 0.4) is 0 Å². The molecule has 0 spiro atoms. The Labute approximate surface area is 441 Å². The highest BCUT2D eigenvalue weighted by Gasteiger charge is 2.52. The number of pyridine rings is 1. The summed E-state index contributed by atoms with van der Waals surface area (Å²) < 4.78 is 113. The van der Waals surface area contributed by atoms with Crippen LogP contribution < -0.4 is 25.2 Å². The molecule has 3 N–H and O–H groups in total. The average molecular weight is 1100 g/mol. The number of nitrogens with zero attached hydrogens (tertiary/aromatic N) is 6. The molecule has 4 heterocycles. The maximum atomic E-state index is 15.8. The Hall–Kier alpha value is -7.07. The first-order valence-electron chi connectivity index (χ1n) is 23.6. The molecule has 2 aliphatic heterocycles. The number of hydrogen-bond donors (Lipinski definition) is 3. The van der Waals surface area contributed by atoms with Crippen LogP contribution in [-0.2, 0) is 36.6 Å². The van der Waals surface area contributed by atoms with E-state index in [1.165, 1.54) is 42.2 Å². The van der Waals surface area contributed by atoms with E-state index in [-0.39, 0.29) is 55.2 Å². The zero-order valence-electron chi connectivity index (χ0n) is 41.7. The second-order valence-electron chi connectivity index (χ2n) is 19.6. The molecule has 402 valence electrons. The fourth-order valence-electron chi connectivity index (χ4n) is 8.72. The largest absolute Gasteiger partial charge is 0.490 e. The van der Waals surface area contributed by atoms with Crippen LogP contribution in [0.5, 0.6) is 5.75 Å². The second-order valence-corrected chi connectivity index (χ2v) is 20.8. The van der Waals surface area contributed by atoms with Crippen LogP contribution in [0.25, 0.3) is 21.7 Å². The number of thiazole rings is 1. The van der Waals surface area contributed by atoms with Gasteiger partial charge in [0.2, 0.25) is 17.7 Å². The second kappa shape index (κ2) is 22.6. The van der Waals surface area contributed by atoms with Gasteiger partial charge in [-0.2, -0.15) is 18.4 Å². The third-order valence-electron chi connectivity index (χ3n) is 12.7. The molecule has 5 aromatic rings. The Bertz CT molecular complexity index is 3090. The molecule has 0 radical (unpaired) electrons. The van der Waals surface area contributed by atoms with Gasteiger partial charge in [0.05, 0.1) is 64.6 Å². The molecule has 2 fully saturated rings. The van der Waals surface area contributed by atoms with Crippen molar-refractivity contribution in [2.75, 3.05) is 36.2 Å². The number of nitrogens with one attached hydrogen (secondary N) is 2. The number of aliphatic hydroxyl groups is 1. The highest BCUT2D eigenvalue weighted by atomic mass is 32.1. The number of amides is 4. The molecule has 76 heavy (non-hydrogen) atoms. The number of ether oxygens (including phenoxy) is 2. The Morgan fingerprint density at radius 2 is 1.71 bits per heavy atom. The maximum Gasteiger partial charge on any atom is 0.420 e. The summed E-state index contributed by atoms with van der Waals surface area (Å²) in [7, 11) is 0. The van der Waals surface area contributed by atoms with E-state index < -0.39 is 118 Å². The number of nitriles is 1. The van der Waals surface area contributed by atoms with Gasteiger partial charge in [0, 0.05) is 37.6 Å². The van der Waals surface area contributed by atoms with Crippen molar-refractivity contribution in [3.63, 3.8) is 0 Å². The van der Waals surface area contributed by atoms with E-state index in [1.54, 1.807) is 26.3 Å². The Morgan fingerprint density at radius 3 is 2.33 bits per heavy atom. The first-order valence-corrected chi connectivity index (χ1v) is 24.8. The van der Waals surface area contributed by atoms with Gasteiger partial charge in [-0.1, -0.05) is 45.0 Å². The standard InChI is InChI=1S/C52H51F7N8O7S2/c1-27-44(76-26-63-27)29-9-7-28(8-10-29)21-62-46(70)38-19-34(68)23-65(38)47(71)45(50(2,3)4)64-40(69)25-73-24-32(53)15-16-74-39-14-12-30(17-35(39)54)43-36(55)18-33(22-61-43)67-49(75)66(48(72)51(67,5)6)37-13-11-31(20-60)41(42(37)56)52(57,58)59/h7-14,17-18,22,26,32,34,38,45,68H,15-16,19,21,23-25H2,1-6H3,(H,62,70)(H,64,69)/t32?,34-,38+,45-/m1/s1. The van der Waals surface area contributed by atoms with Gasteiger partial charge in [-0.3, -0.25) is 29.1 Å². The highest BCUT2D eigenvalue weighted by Crippen LogP contribution is 2.42. The Kier molecular flexibility index (Phi) is 16.9. The number of aliphatic hydroxyl groups excluding tert-OH is 1. The minimum Gasteiger partial charge on any atom is -0.490 e. The number of β-amino-alcohol motifs (C(OH)–C–C–N with tert-alkyl or cyclic N) is 1. The molecule has 0 aliphatic carbocycles. The third-order valence-corrected chi connectivity index (χ3v) is 14.0. The number of hydrogen-bond acceptors (Lipinski definition) is 12. The predicted molar refractivity (Wildman–Crippen MR) is 270 cm³/mol. The Balaban J connectivity index is 0.889. The lowest BCUT2D eigenvalue weighted by Gasteiger charge is -2.35. The Morgan fingerprint density at radius 1 is 1.01 bits per heavy atom. The number of alkyl halides is 4. The van der Waals surface area contributed by atoms with Gasteiger partial charge < -0.3 is 35.0 Å². The number of benzene rings is 3. The number of aromatic nitrogens is 2. The number of carbonyl (C=O) groups excluding carboxylic acids is 4. The minimum atomic E-state index is -5.30.